The van der Waals surface area contributed by atoms with Crippen molar-refractivity contribution in [3.8, 4) is 5.75 Å². The number of ether oxygens (including phenoxy) is 1. The number of nitrogens with zero attached hydrogens (tertiary/aromatic N) is 3. The van der Waals surface area contributed by atoms with Crippen LogP contribution in [0, 0.1) is 13.8 Å². The van der Waals surface area contributed by atoms with E-state index < -0.39 is 17.4 Å². The van der Waals surface area contributed by atoms with Crippen LogP contribution in [0.2, 0.25) is 0 Å². The van der Waals surface area contributed by atoms with Gasteiger partial charge in [0.15, 0.2) is 5.89 Å². The molecule has 0 fully saturated rings. The number of ketones is 1. The molecule has 2 aromatic carbocycles. The molecule has 1 N–H and O–H groups in total. The molecular weight excluding hydrogens is 396 g/mol. The van der Waals surface area contributed by atoms with Crippen LogP contribution < -0.4 is 10.1 Å². The molecule has 0 saturated carbocycles. The molecule has 0 bridgehead atoms. The van der Waals surface area contributed by atoms with Gasteiger partial charge in [-0.1, -0.05) is 30.3 Å². The van der Waals surface area contributed by atoms with Crippen molar-refractivity contribution in [3.05, 3.63) is 83.0 Å². The summed E-state index contributed by atoms with van der Waals surface area (Å²) < 4.78 is 11.1. The minimum absolute atomic E-state index is 0.0840. The third-order valence-corrected chi connectivity index (χ3v) is 4.51. The van der Waals surface area contributed by atoms with E-state index in [1.807, 2.05) is 6.92 Å². The Morgan fingerprint density at radius 2 is 1.81 bits per heavy atom. The minimum atomic E-state index is -0.767. The van der Waals surface area contributed by atoms with E-state index in [2.05, 4.69) is 15.1 Å². The fourth-order valence-corrected chi connectivity index (χ4v) is 2.98. The van der Waals surface area contributed by atoms with E-state index in [1.165, 1.54) is 0 Å². The molecule has 0 aliphatic carbocycles. The van der Waals surface area contributed by atoms with Gasteiger partial charge in [-0.25, -0.2) is 4.98 Å². The molecule has 1 heterocycles. The lowest BCUT2D eigenvalue weighted by Crippen LogP contribution is -2.32. The zero-order valence-corrected chi connectivity index (χ0v) is 17.3. The molecule has 3 rings (SSSR count). The van der Waals surface area contributed by atoms with Crippen LogP contribution in [0.15, 0.2) is 59.0 Å². The Hall–Kier alpha value is -4.03. The Morgan fingerprint density at radius 3 is 2.42 bits per heavy atom. The van der Waals surface area contributed by atoms with Crippen LogP contribution in [0.5, 0.6) is 5.75 Å². The van der Waals surface area contributed by atoms with Crippen LogP contribution in [-0.2, 0) is 22.4 Å². The van der Waals surface area contributed by atoms with Crippen molar-refractivity contribution in [3.63, 3.8) is 0 Å². The first-order valence-corrected chi connectivity index (χ1v) is 9.72. The van der Waals surface area contributed by atoms with Gasteiger partial charge < -0.3 is 20.0 Å². The number of hydrogen-bond donors (Lipinski definition) is 1. The lowest BCUT2D eigenvalue weighted by atomic mass is 10.1. The van der Waals surface area contributed by atoms with Crippen LogP contribution in [0.25, 0.3) is 5.53 Å². The third kappa shape index (κ3) is 5.98. The number of rotatable bonds is 9. The van der Waals surface area contributed by atoms with Crippen LogP contribution >= 0.6 is 0 Å². The second-order valence-electron chi connectivity index (χ2n) is 6.85. The van der Waals surface area contributed by atoms with Crippen molar-refractivity contribution in [2.24, 2.45) is 0 Å². The maximum absolute atomic E-state index is 12.4. The first kappa shape index (κ1) is 21.7. The smallest absolute Gasteiger partial charge is 0.422 e. The number of amides is 1. The summed E-state index contributed by atoms with van der Waals surface area (Å²) in [6.07, 6.45) is 0.537. The normalized spacial score (nSPS) is 10.3. The lowest BCUT2D eigenvalue weighted by Gasteiger charge is -2.06. The summed E-state index contributed by atoms with van der Waals surface area (Å²) in [4.78, 5) is 31.9. The van der Waals surface area contributed by atoms with E-state index in [4.69, 9.17) is 14.7 Å². The third-order valence-electron chi connectivity index (χ3n) is 4.51. The molecule has 8 nitrogen and oxygen atoms in total. The highest BCUT2D eigenvalue weighted by molar-refractivity contribution is 6.65. The second-order valence-corrected chi connectivity index (χ2v) is 6.85. The van der Waals surface area contributed by atoms with Crippen LogP contribution in [0.4, 0.5) is 5.69 Å². The summed E-state index contributed by atoms with van der Waals surface area (Å²) >= 11 is 0. The van der Waals surface area contributed by atoms with E-state index in [9.17, 15) is 9.59 Å². The number of anilines is 1. The average Bonchev–Trinajstić information content (AvgIpc) is 3.07. The highest BCUT2D eigenvalue weighted by atomic mass is 16.5. The van der Waals surface area contributed by atoms with Gasteiger partial charge in [-0.2, -0.15) is 4.79 Å². The van der Waals surface area contributed by atoms with Gasteiger partial charge in [0.1, 0.15) is 11.5 Å². The summed E-state index contributed by atoms with van der Waals surface area (Å²) in [6.45, 7) is 4.10. The average molecular weight is 418 g/mol. The summed E-state index contributed by atoms with van der Waals surface area (Å²) in [6, 6.07) is 15.5. The molecule has 1 aromatic heterocycles. The van der Waals surface area contributed by atoms with E-state index in [0.29, 0.717) is 35.9 Å². The quantitative estimate of drug-likeness (QED) is 0.247. The molecule has 0 unspecified atom stereocenters. The predicted octanol–water partition coefficient (Wildman–Crippen LogP) is 3.33. The molecule has 0 spiro atoms. The molecule has 0 aliphatic rings. The molecule has 8 heteroatoms. The molecule has 0 radical (unpaired) electrons. The lowest BCUT2D eigenvalue weighted by molar-refractivity contribution is -0.122. The maximum atomic E-state index is 12.4. The standard InChI is InChI=1S/C23H22N4O4/c1-15-20(25-16(2)31-15)12-13-30-19-10-8-17(9-11-19)14-21(28)22(27-24)23(29)26-18-6-4-3-5-7-18/h3-11H,12-14H2,1-2H3,(H,26,29). The van der Waals surface area contributed by atoms with E-state index >= 15 is 0 Å². The summed E-state index contributed by atoms with van der Waals surface area (Å²) in [5.74, 6) is 0.697. The van der Waals surface area contributed by atoms with Gasteiger partial charge in [0.25, 0.3) is 5.78 Å². The largest absolute Gasteiger partial charge is 0.493 e. The number of Topliss-reactive ketones (excluding diaryl/α,β-unsaturated/α-hetero) is 1. The number of oxazole rings is 1. The number of aryl methyl sites for hydroxylation is 2. The SMILES string of the molecule is Cc1nc(CCOc2ccc(CC(=O)C(=[N+]=[N-])C(=O)Nc3ccccc3)cc2)c(C)o1. The van der Waals surface area contributed by atoms with Gasteiger partial charge in [0.2, 0.25) is 0 Å². The van der Waals surface area contributed by atoms with Crippen LogP contribution in [0.3, 0.4) is 0 Å². The molecule has 1 amide bonds. The first-order valence-electron chi connectivity index (χ1n) is 9.72. The number of nitrogens with one attached hydrogen (secondary N) is 1. The van der Waals surface area contributed by atoms with Gasteiger partial charge in [-0.3, -0.25) is 9.59 Å². The monoisotopic (exact) mass is 418 g/mol. The van der Waals surface area contributed by atoms with Gasteiger partial charge in [-0.15, -0.1) is 0 Å². The minimum Gasteiger partial charge on any atom is -0.493 e. The van der Waals surface area contributed by atoms with Crippen molar-refractivity contribution in [1.82, 2.24) is 4.98 Å². The van der Waals surface area contributed by atoms with Crippen LogP contribution in [0.1, 0.15) is 22.9 Å². The van der Waals surface area contributed by atoms with E-state index in [0.717, 1.165) is 11.5 Å². The first-order chi connectivity index (χ1) is 15.0. The van der Waals surface area contributed by atoms with E-state index in [1.54, 1.807) is 61.5 Å². The Morgan fingerprint density at radius 1 is 1.10 bits per heavy atom. The van der Waals surface area contributed by atoms with Crippen LogP contribution in [-0.4, -0.2) is 33.8 Å². The summed E-state index contributed by atoms with van der Waals surface area (Å²) in [5.41, 5.74) is 10.6. The van der Waals surface area contributed by atoms with Gasteiger partial charge in [-0.05, 0) is 36.8 Å². The summed E-state index contributed by atoms with van der Waals surface area (Å²) in [5, 5.41) is 2.53. The Kier molecular flexibility index (Phi) is 7.09. The number of aromatic nitrogens is 1. The maximum Gasteiger partial charge on any atom is 0.422 e. The fourth-order valence-electron chi connectivity index (χ4n) is 2.98. The molecule has 0 saturated heterocycles. The molecule has 0 aliphatic heterocycles. The van der Waals surface area contributed by atoms with Crippen molar-refractivity contribution >= 4 is 23.1 Å². The molecule has 0 atom stereocenters. The zero-order chi connectivity index (χ0) is 22.2. The van der Waals surface area contributed by atoms with Crippen molar-refractivity contribution in [1.29, 1.82) is 0 Å². The second kappa shape index (κ2) is 10.1. The van der Waals surface area contributed by atoms with Gasteiger partial charge in [0.05, 0.1) is 12.3 Å². The predicted molar refractivity (Wildman–Crippen MR) is 114 cm³/mol. The molecule has 158 valence electrons. The van der Waals surface area contributed by atoms with Crippen molar-refractivity contribution in [2.75, 3.05) is 11.9 Å². The number of para-hydroxylation sites is 1. The molecular formula is C23H22N4O4. The van der Waals surface area contributed by atoms with E-state index in [-0.39, 0.29) is 6.42 Å². The number of carbonyl (C=O) groups is 2. The van der Waals surface area contributed by atoms with Crippen molar-refractivity contribution < 1.29 is 23.5 Å². The highest BCUT2D eigenvalue weighted by Crippen LogP contribution is 2.15. The van der Waals surface area contributed by atoms with Gasteiger partial charge >= 0.3 is 11.6 Å². The Balaban J connectivity index is 1.53. The number of hydrogen-bond acceptors (Lipinski definition) is 5. The highest BCUT2D eigenvalue weighted by Gasteiger charge is 2.29. The molecule has 31 heavy (non-hydrogen) atoms. The van der Waals surface area contributed by atoms with Crippen molar-refractivity contribution in [2.45, 2.75) is 26.7 Å². The fraction of sp³-hybridized carbons (Fsp3) is 0.217. The van der Waals surface area contributed by atoms with Gasteiger partial charge in [0, 0.05) is 25.5 Å². The topological polar surface area (TPSA) is 118 Å². The zero-order valence-electron chi connectivity index (χ0n) is 17.3. The Labute approximate surface area is 179 Å². The Bertz CT molecular complexity index is 1110. The number of carbonyl (C=O) groups excluding carboxylic acids is 2. The summed E-state index contributed by atoms with van der Waals surface area (Å²) in [7, 11) is 0. The number of benzene rings is 2. The molecule has 3 aromatic rings.